The normalized spacial score (nSPS) is 11.0. The molecule has 1 heterocycles. The van der Waals surface area contributed by atoms with E-state index in [1.165, 1.54) is 4.57 Å². The third kappa shape index (κ3) is 5.15. The number of halogens is 3. The third-order valence-corrected chi connectivity index (χ3v) is 5.75. The molecule has 4 aromatic rings. The van der Waals surface area contributed by atoms with Gasteiger partial charge < -0.3 is 5.32 Å². The van der Waals surface area contributed by atoms with Crippen molar-refractivity contribution in [2.75, 3.05) is 11.1 Å². The molecule has 1 N–H and O–H groups in total. The average molecular weight is 472 g/mol. The quantitative estimate of drug-likeness (QED) is 0.313. The molecule has 0 fully saturated rings. The maximum Gasteiger partial charge on any atom is 0.262 e. The van der Waals surface area contributed by atoms with Crippen LogP contribution in [0.25, 0.3) is 10.9 Å². The van der Waals surface area contributed by atoms with Gasteiger partial charge in [-0.05, 0) is 42.0 Å². The summed E-state index contributed by atoms with van der Waals surface area (Å²) < 4.78 is 28.2. The Bertz CT molecular complexity index is 1360. The number of anilines is 1. The number of nitrogens with zero attached hydrogens (tertiary/aromatic N) is 2. The highest BCUT2D eigenvalue weighted by Crippen LogP contribution is 2.21. The second-order valence-electron chi connectivity index (χ2n) is 6.93. The number of hydrogen-bond acceptors (Lipinski definition) is 4. The number of thioether (sulfide) groups is 1. The number of fused-ring (bicyclic) bond motifs is 1. The molecule has 32 heavy (non-hydrogen) atoms. The van der Waals surface area contributed by atoms with Crippen LogP contribution < -0.4 is 10.9 Å². The fourth-order valence-electron chi connectivity index (χ4n) is 3.17. The Labute approximate surface area is 191 Å². The van der Waals surface area contributed by atoms with Crippen LogP contribution in [-0.2, 0) is 11.3 Å². The van der Waals surface area contributed by atoms with Gasteiger partial charge in [-0.2, -0.15) is 0 Å². The molecule has 4 rings (SSSR count). The largest absolute Gasteiger partial charge is 0.325 e. The molecule has 0 aliphatic rings. The number of rotatable bonds is 6. The van der Waals surface area contributed by atoms with Crippen LogP contribution in [0.4, 0.5) is 14.5 Å². The lowest BCUT2D eigenvalue weighted by Gasteiger charge is -2.13. The van der Waals surface area contributed by atoms with Crippen molar-refractivity contribution in [1.82, 2.24) is 9.55 Å². The highest BCUT2D eigenvalue weighted by molar-refractivity contribution is 7.99. The molecule has 1 amide bonds. The van der Waals surface area contributed by atoms with Crippen molar-refractivity contribution in [3.05, 3.63) is 99.3 Å². The van der Waals surface area contributed by atoms with Gasteiger partial charge in [0.2, 0.25) is 5.91 Å². The molecule has 0 aliphatic carbocycles. The number of amides is 1. The second-order valence-corrected chi connectivity index (χ2v) is 8.31. The number of benzene rings is 3. The van der Waals surface area contributed by atoms with Crippen LogP contribution in [-0.4, -0.2) is 21.2 Å². The predicted molar refractivity (Wildman–Crippen MR) is 122 cm³/mol. The number of para-hydroxylation sites is 1. The Kier molecular flexibility index (Phi) is 6.53. The molecule has 0 unspecified atom stereocenters. The minimum Gasteiger partial charge on any atom is -0.325 e. The molecule has 0 atom stereocenters. The van der Waals surface area contributed by atoms with Gasteiger partial charge in [0, 0.05) is 16.8 Å². The zero-order chi connectivity index (χ0) is 22.7. The zero-order valence-corrected chi connectivity index (χ0v) is 18.1. The molecular formula is C23H16ClF2N3O2S. The lowest BCUT2D eigenvalue weighted by atomic mass is 10.2. The molecule has 3 aromatic carbocycles. The molecule has 5 nitrogen and oxygen atoms in total. The Morgan fingerprint density at radius 3 is 2.53 bits per heavy atom. The van der Waals surface area contributed by atoms with Gasteiger partial charge in [-0.15, -0.1) is 0 Å². The molecule has 0 spiro atoms. The van der Waals surface area contributed by atoms with Crippen molar-refractivity contribution >= 4 is 45.9 Å². The van der Waals surface area contributed by atoms with E-state index in [9.17, 15) is 18.4 Å². The van der Waals surface area contributed by atoms with Crippen LogP contribution in [0.15, 0.2) is 76.7 Å². The summed E-state index contributed by atoms with van der Waals surface area (Å²) in [5.74, 6) is -2.19. The van der Waals surface area contributed by atoms with Gasteiger partial charge in [0.15, 0.2) is 5.16 Å². The summed E-state index contributed by atoms with van der Waals surface area (Å²) in [6, 6.07) is 16.8. The van der Waals surface area contributed by atoms with Crippen LogP contribution in [0.3, 0.4) is 0 Å². The fourth-order valence-corrected chi connectivity index (χ4v) is 4.18. The van der Waals surface area contributed by atoms with Gasteiger partial charge in [-0.3, -0.25) is 14.2 Å². The van der Waals surface area contributed by atoms with E-state index in [1.807, 2.05) is 6.07 Å². The molecule has 0 bridgehead atoms. The molecule has 0 aliphatic heterocycles. The highest BCUT2D eigenvalue weighted by atomic mass is 35.5. The van der Waals surface area contributed by atoms with Gasteiger partial charge in [-0.25, -0.2) is 13.8 Å². The Morgan fingerprint density at radius 1 is 1.03 bits per heavy atom. The van der Waals surface area contributed by atoms with E-state index in [2.05, 4.69) is 10.3 Å². The monoisotopic (exact) mass is 471 g/mol. The summed E-state index contributed by atoms with van der Waals surface area (Å²) >= 11 is 7.13. The number of hydrogen-bond donors (Lipinski definition) is 1. The van der Waals surface area contributed by atoms with Crippen molar-refractivity contribution in [1.29, 1.82) is 0 Å². The summed E-state index contributed by atoms with van der Waals surface area (Å²) in [6.07, 6.45) is 0. The first-order valence-corrected chi connectivity index (χ1v) is 10.9. The maximum absolute atomic E-state index is 13.4. The fraction of sp³-hybridized carbons (Fsp3) is 0.0870. The van der Waals surface area contributed by atoms with Crippen LogP contribution >= 0.6 is 23.4 Å². The first-order chi connectivity index (χ1) is 15.4. The van der Waals surface area contributed by atoms with Gasteiger partial charge in [0.1, 0.15) is 11.6 Å². The van der Waals surface area contributed by atoms with Gasteiger partial charge >= 0.3 is 0 Å². The molecule has 9 heteroatoms. The molecule has 0 radical (unpaired) electrons. The molecule has 162 valence electrons. The van der Waals surface area contributed by atoms with E-state index in [0.717, 1.165) is 35.5 Å². The topological polar surface area (TPSA) is 64.0 Å². The van der Waals surface area contributed by atoms with Gasteiger partial charge in [0.05, 0.1) is 23.2 Å². The van der Waals surface area contributed by atoms with E-state index < -0.39 is 17.5 Å². The van der Waals surface area contributed by atoms with Crippen molar-refractivity contribution in [2.24, 2.45) is 0 Å². The summed E-state index contributed by atoms with van der Waals surface area (Å²) in [5.41, 5.74) is 1.08. The van der Waals surface area contributed by atoms with E-state index in [4.69, 9.17) is 11.6 Å². The lowest BCUT2D eigenvalue weighted by Crippen LogP contribution is -2.25. The van der Waals surface area contributed by atoms with E-state index >= 15 is 0 Å². The molecule has 0 saturated carbocycles. The van der Waals surface area contributed by atoms with Gasteiger partial charge in [0.25, 0.3) is 5.56 Å². The smallest absolute Gasteiger partial charge is 0.262 e. The maximum atomic E-state index is 13.4. The van der Waals surface area contributed by atoms with Crippen molar-refractivity contribution in [3.63, 3.8) is 0 Å². The third-order valence-electron chi connectivity index (χ3n) is 4.54. The van der Waals surface area contributed by atoms with Gasteiger partial charge in [-0.1, -0.05) is 47.6 Å². The van der Waals surface area contributed by atoms with Crippen LogP contribution in [0.5, 0.6) is 0 Å². The summed E-state index contributed by atoms with van der Waals surface area (Å²) in [6.45, 7) is 0.219. The highest BCUT2D eigenvalue weighted by Gasteiger charge is 2.14. The predicted octanol–water partition coefficient (Wildman–Crippen LogP) is 5.11. The van der Waals surface area contributed by atoms with E-state index in [1.54, 1.807) is 42.5 Å². The van der Waals surface area contributed by atoms with Crippen LogP contribution in [0, 0.1) is 11.6 Å². The van der Waals surface area contributed by atoms with Crippen LogP contribution in [0.1, 0.15) is 5.56 Å². The first-order valence-electron chi connectivity index (χ1n) is 9.52. The minimum absolute atomic E-state index is 0.0101. The molecular weight excluding hydrogens is 456 g/mol. The molecule has 0 saturated heterocycles. The number of nitrogens with one attached hydrogen (secondary N) is 1. The summed E-state index contributed by atoms with van der Waals surface area (Å²) in [4.78, 5) is 30.1. The number of aromatic nitrogens is 2. The standard InChI is InChI=1S/C23H16ClF2N3O2S/c24-15-5-3-4-14(8-15)12-29-22(31)19-6-1-2-7-20(19)28-23(29)32-13-21(30)27-18-10-16(25)9-17(26)11-18/h1-11H,12-13H2,(H,27,30). The van der Waals surface area contributed by atoms with E-state index in [-0.39, 0.29) is 23.5 Å². The van der Waals surface area contributed by atoms with Crippen molar-refractivity contribution in [2.45, 2.75) is 11.7 Å². The Balaban J connectivity index is 1.61. The second kappa shape index (κ2) is 9.50. The van der Waals surface area contributed by atoms with E-state index in [0.29, 0.717) is 21.1 Å². The summed E-state index contributed by atoms with van der Waals surface area (Å²) in [7, 11) is 0. The van der Waals surface area contributed by atoms with Crippen molar-refractivity contribution in [3.8, 4) is 0 Å². The lowest BCUT2D eigenvalue weighted by molar-refractivity contribution is -0.113. The summed E-state index contributed by atoms with van der Waals surface area (Å²) in [5, 5.41) is 3.79. The average Bonchev–Trinajstić information content (AvgIpc) is 2.74. The number of carbonyl (C=O) groups excluding carboxylic acids is 1. The Hall–Kier alpha value is -3.23. The van der Waals surface area contributed by atoms with Crippen LogP contribution in [0.2, 0.25) is 5.02 Å². The minimum atomic E-state index is -0.792. The zero-order valence-electron chi connectivity index (χ0n) is 16.5. The van der Waals surface area contributed by atoms with Crippen molar-refractivity contribution < 1.29 is 13.6 Å². The number of carbonyl (C=O) groups is 1. The first kappa shape index (κ1) is 22.0. The Morgan fingerprint density at radius 2 is 1.78 bits per heavy atom. The SMILES string of the molecule is O=C(CSc1nc2ccccc2c(=O)n1Cc1cccc(Cl)c1)Nc1cc(F)cc(F)c1. The molecule has 1 aromatic heterocycles.